The van der Waals surface area contributed by atoms with E-state index in [0.717, 1.165) is 5.01 Å². The molecule has 0 spiro atoms. The fraction of sp³-hybridized carbons (Fsp3) is 0.100. The first-order chi connectivity index (χ1) is 7.79. The lowest BCUT2D eigenvalue weighted by molar-refractivity contribution is 0.222. The van der Waals surface area contributed by atoms with E-state index in [4.69, 9.17) is 5.84 Å². The van der Waals surface area contributed by atoms with Gasteiger partial charge in [-0.05, 0) is 18.2 Å². The Hall–Kier alpha value is -2.21. The van der Waals surface area contributed by atoms with Gasteiger partial charge in [-0.2, -0.15) is 0 Å². The average Bonchev–Trinajstić information content (AvgIpc) is 2.39. The van der Waals surface area contributed by atoms with Crippen LogP contribution in [-0.4, -0.2) is 28.8 Å². The Bertz CT molecular complexity index is 428. The summed E-state index contributed by atoms with van der Waals surface area (Å²) in [4.78, 5) is 21.2. The van der Waals surface area contributed by atoms with Crippen molar-refractivity contribution in [1.29, 1.82) is 0 Å². The summed E-state index contributed by atoms with van der Waals surface area (Å²) in [5, 5.41) is 0.991. The second-order valence-electron chi connectivity index (χ2n) is 3.12. The maximum atomic E-state index is 11.9. The molecule has 1 aromatic rings. The molecule has 0 atom stereocenters. The van der Waals surface area contributed by atoms with Gasteiger partial charge in [-0.25, -0.2) is 20.6 Å². The number of anilines is 1. The molecule has 0 saturated heterocycles. The van der Waals surface area contributed by atoms with E-state index >= 15 is 0 Å². The number of nitrogens with zero attached hydrogens (tertiary/aromatic N) is 4. The highest BCUT2D eigenvalue weighted by atomic mass is 16.2. The van der Waals surface area contributed by atoms with Gasteiger partial charge in [0.2, 0.25) is 0 Å². The quantitative estimate of drug-likeness (QED) is 0.428. The molecular formula is C10H11N5O. The van der Waals surface area contributed by atoms with Gasteiger partial charge in [0.05, 0.1) is 0 Å². The topological polar surface area (TPSA) is 74.8 Å². The molecule has 0 saturated carbocycles. The number of carbonyl (C=O) groups excluding carboxylic acids is 1. The molecule has 0 unspecified atom stereocenters. The van der Waals surface area contributed by atoms with E-state index < -0.39 is 0 Å². The molecule has 2 rings (SSSR count). The lowest BCUT2D eigenvalue weighted by Gasteiger charge is -2.23. The Morgan fingerprint density at radius 2 is 2.38 bits per heavy atom. The Morgan fingerprint density at radius 1 is 1.50 bits per heavy atom. The van der Waals surface area contributed by atoms with Gasteiger partial charge in [-0.1, -0.05) is 6.07 Å². The van der Waals surface area contributed by atoms with E-state index in [1.165, 1.54) is 4.90 Å². The lowest BCUT2D eigenvalue weighted by atomic mass is 10.4. The van der Waals surface area contributed by atoms with Gasteiger partial charge in [0.15, 0.2) is 5.82 Å². The van der Waals surface area contributed by atoms with Crippen LogP contribution in [0.25, 0.3) is 0 Å². The van der Waals surface area contributed by atoms with Crippen molar-refractivity contribution in [2.45, 2.75) is 0 Å². The fourth-order valence-electron chi connectivity index (χ4n) is 1.24. The second-order valence-corrected chi connectivity index (χ2v) is 3.12. The first-order valence-corrected chi connectivity index (χ1v) is 4.72. The van der Waals surface area contributed by atoms with Gasteiger partial charge in [-0.15, -0.1) is 0 Å². The molecule has 1 aliphatic heterocycles. The van der Waals surface area contributed by atoms with Crippen molar-refractivity contribution >= 4 is 18.1 Å². The maximum Gasteiger partial charge on any atom is 0.345 e. The predicted molar refractivity (Wildman–Crippen MR) is 60.6 cm³/mol. The molecule has 2 N–H and O–H groups in total. The second kappa shape index (κ2) is 4.54. The molecule has 16 heavy (non-hydrogen) atoms. The molecule has 1 aromatic heterocycles. The van der Waals surface area contributed by atoms with Crippen LogP contribution in [0.15, 0.2) is 41.7 Å². The van der Waals surface area contributed by atoms with Gasteiger partial charge < -0.3 is 0 Å². The first kappa shape index (κ1) is 10.3. The van der Waals surface area contributed by atoms with Crippen molar-refractivity contribution < 1.29 is 4.79 Å². The van der Waals surface area contributed by atoms with Gasteiger partial charge >= 0.3 is 6.03 Å². The van der Waals surface area contributed by atoms with E-state index in [1.807, 2.05) is 0 Å². The third-order valence-corrected chi connectivity index (χ3v) is 2.04. The van der Waals surface area contributed by atoms with Crippen LogP contribution in [-0.2, 0) is 0 Å². The van der Waals surface area contributed by atoms with Crippen molar-refractivity contribution in [3.05, 3.63) is 36.7 Å². The van der Waals surface area contributed by atoms with Crippen molar-refractivity contribution in [1.82, 2.24) is 9.88 Å². The Labute approximate surface area is 92.7 Å². The van der Waals surface area contributed by atoms with E-state index in [1.54, 1.807) is 42.9 Å². The highest BCUT2D eigenvalue weighted by Gasteiger charge is 2.18. The zero-order chi connectivity index (χ0) is 11.4. The molecule has 1 aliphatic rings. The molecule has 0 bridgehead atoms. The van der Waals surface area contributed by atoms with Crippen LogP contribution >= 0.6 is 0 Å². The largest absolute Gasteiger partial charge is 0.345 e. The summed E-state index contributed by atoms with van der Waals surface area (Å²) in [6, 6.07) is 4.81. The number of rotatable bonds is 1. The van der Waals surface area contributed by atoms with Crippen molar-refractivity contribution in [3.63, 3.8) is 0 Å². The molecule has 82 valence electrons. The minimum Gasteiger partial charge on any atom is -0.279 e. The number of hydrazine groups is 1. The summed E-state index contributed by atoms with van der Waals surface area (Å²) in [6.45, 7) is 0.274. The van der Waals surface area contributed by atoms with Crippen molar-refractivity contribution in [2.75, 3.05) is 11.7 Å². The number of carbonyl (C=O) groups is 1. The smallest absolute Gasteiger partial charge is 0.279 e. The summed E-state index contributed by atoms with van der Waals surface area (Å²) in [5.41, 5.74) is 0. The number of urea groups is 1. The summed E-state index contributed by atoms with van der Waals surface area (Å²) in [7, 11) is 0. The maximum absolute atomic E-state index is 11.9. The Morgan fingerprint density at radius 3 is 3.00 bits per heavy atom. The predicted octanol–water partition coefficient (Wildman–Crippen LogP) is 0.739. The summed E-state index contributed by atoms with van der Waals surface area (Å²) >= 11 is 0. The highest BCUT2D eigenvalue weighted by Crippen LogP contribution is 2.08. The number of amides is 2. The summed E-state index contributed by atoms with van der Waals surface area (Å²) in [5.74, 6) is 6.06. The summed E-state index contributed by atoms with van der Waals surface area (Å²) in [6.07, 6.45) is 6.50. The van der Waals surface area contributed by atoms with Gasteiger partial charge in [-0.3, -0.25) is 9.89 Å². The zero-order valence-electron chi connectivity index (χ0n) is 8.52. The zero-order valence-corrected chi connectivity index (χ0v) is 8.52. The minimum atomic E-state index is -0.369. The van der Waals surface area contributed by atoms with Crippen molar-refractivity contribution in [2.24, 2.45) is 10.8 Å². The number of hydrogen-bond donors (Lipinski definition) is 1. The fourth-order valence-corrected chi connectivity index (χ4v) is 1.24. The van der Waals surface area contributed by atoms with Crippen LogP contribution in [0.1, 0.15) is 0 Å². The van der Waals surface area contributed by atoms with E-state index in [9.17, 15) is 4.79 Å². The highest BCUT2D eigenvalue weighted by molar-refractivity contribution is 5.91. The molecule has 0 aliphatic carbocycles. The number of nitrogens with two attached hydrogens (primary N) is 1. The Kier molecular flexibility index (Phi) is 2.93. The third kappa shape index (κ3) is 2.06. The summed E-state index contributed by atoms with van der Waals surface area (Å²) < 4.78 is 0. The molecule has 0 aromatic carbocycles. The monoisotopic (exact) mass is 217 g/mol. The number of aliphatic imine (C=N–C) groups is 1. The minimum absolute atomic E-state index is 0.274. The normalized spacial score (nSPS) is 13.9. The molecular weight excluding hydrogens is 206 g/mol. The van der Waals surface area contributed by atoms with Gasteiger partial charge in [0.25, 0.3) is 0 Å². The van der Waals surface area contributed by atoms with E-state index in [0.29, 0.717) is 5.82 Å². The van der Waals surface area contributed by atoms with Crippen LogP contribution in [0, 0.1) is 0 Å². The van der Waals surface area contributed by atoms with Gasteiger partial charge in [0, 0.05) is 18.6 Å². The standard InChI is InChI=1S/C10H11N5O/c11-15(9-4-1-2-6-13-9)10(16)14-7-3-5-12-8-14/h1-7H,8,11H2. The average molecular weight is 217 g/mol. The van der Waals surface area contributed by atoms with Gasteiger partial charge in [0.1, 0.15) is 6.67 Å². The lowest BCUT2D eigenvalue weighted by Crippen LogP contribution is -2.46. The molecule has 6 nitrogen and oxygen atoms in total. The van der Waals surface area contributed by atoms with E-state index in [2.05, 4.69) is 9.98 Å². The molecule has 0 radical (unpaired) electrons. The van der Waals surface area contributed by atoms with Crippen LogP contribution in [0.3, 0.4) is 0 Å². The van der Waals surface area contributed by atoms with Crippen LogP contribution in [0.4, 0.5) is 10.6 Å². The number of allylic oxidation sites excluding steroid dienone is 1. The van der Waals surface area contributed by atoms with Crippen molar-refractivity contribution in [3.8, 4) is 0 Å². The van der Waals surface area contributed by atoms with Crippen LogP contribution < -0.4 is 10.9 Å². The third-order valence-electron chi connectivity index (χ3n) is 2.04. The number of pyridine rings is 1. The molecule has 2 amide bonds. The molecule has 6 heteroatoms. The van der Waals surface area contributed by atoms with Crippen LogP contribution in [0.5, 0.6) is 0 Å². The molecule has 2 heterocycles. The Balaban J connectivity index is 2.10. The van der Waals surface area contributed by atoms with E-state index in [-0.39, 0.29) is 12.7 Å². The van der Waals surface area contributed by atoms with Crippen LogP contribution in [0.2, 0.25) is 0 Å². The SMILES string of the molecule is NN(C(=O)N1C=CC=NC1)c1ccccn1. The molecule has 0 fully saturated rings. The number of hydrogen-bond acceptors (Lipinski definition) is 4. The number of aromatic nitrogens is 1. The first-order valence-electron chi connectivity index (χ1n) is 4.72.